The van der Waals surface area contributed by atoms with Crippen LogP contribution in [-0.4, -0.2) is 15.6 Å². The number of aromatic carboxylic acids is 1. The van der Waals surface area contributed by atoms with Gasteiger partial charge in [0.2, 0.25) is 0 Å². The van der Waals surface area contributed by atoms with Crippen LogP contribution >= 0.6 is 0 Å². The van der Waals surface area contributed by atoms with Crippen molar-refractivity contribution >= 4 is 5.97 Å². The van der Waals surface area contributed by atoms with Gasteiger partial charge in [0, 0.05) is 24.0 Å². The van der Waals surface area contributed by atoms with Gasteiger partial charge in [0.25, 0.3) is 0 Å². The molecular formula is C17H21NO2. The van der Waals surface area contributed by atoms with Crippen LogP contribution in [0.5, 0.6) is 0 Å². The lowest BCUT2D eigenvalue weighted by atomic mass is 9.92. The van der Waals surface area contributed by atoms with E-state index in [-0.39, 0.29) is 0 Å². The largest absolute Gasteiger partial charge is 0.478 e. The van der Waals surface area contributed by atoms with Crippen LogP contribution in [0, 0.1) is 34.6 Å². The van der Waals surface area contributed by atoms with Crippen LogP contribution in [0.25, 0.3) is 11.3 Å². The Bertz CT molecular complexity index is 682. The fourth-order valence-corrected chi connectivity index (χ4v) is 2.76. The molecule has 0 saturated heterocycles. The molecule has 2 rings (SSSR count). The van der Waals surface area contributed by atoms with Crippen LogP contribution < -0.4 is 0 Å². The van der Waals surface area contributed by atoms with E-state index in [0.29, 0.717) is 5.56 Å². The van der Waals surface area contributed by atoms with Gasteiger partial charge in [-0.3, -0.25) is 0 Å². The summed E-state index contributed by atoms with van der Waals surface area (Å²) in [4.78, 5) is 11.3. The second-order valence-electron chi connectivity index (χ2n) is 5.53. The minimum absolute atomic E-state index is 0.375. The van der Waals surface area contributed by atoms with E-state index in [2.05, 4.69) is 33.8 Å². The van der Waals surface area contributed by atoms with Crippen molar-refractivity contribution in [2.24, 2.45) is 7.05 Å². The molecule has 106 valence electrons. The second-order valence-corrected chi connectivity index (χ2v) is 5.53. The van der Waals surface area contributed by atoms with E-state index in [1.807, 2.05) is 18.5 Å². The number of carboxylic acid groups (broad SMARTS) is 1. The molecule has 0 aliphatic heterocycles. The molecule has 1 aromatic heterocycles. The van der Waals surface area contributed by atoms with Gasteiger partial charge in [0.05, 0.1) is 5.56 Å². The van der Waals surface area contributed by atoms with Crippen molar-refractivity contribution in [3.8, 4) is 11.3 Å². The molecule has 20 heavy (non-hydrogen) atoms. The molecule has 1 N–H and O–H groups in total. The fraction of sp³-hybridized carbons (Fsp3) is 0.353. The standard InChI is InChI=1S/C17H21NO2/c1-9-7-10(2)12(4)16(11(9)3)15-8-14(17(19)20)13(5)18(15)6/h7-8H,1-6H3,(H,19,20). The van der Waals surface area contributed by atoms with Gasteiger partial charge in [-0.15, -0.1) is 0 Å². The maximum atomic E-state index is 11.3. The lowest BCUT2D eigenvalue weighted by molar-refractivity contribution is 0.0696. The highest BCUT2D eigenvalue weighted by molar-refractivity contribution is 5.91. The van der Waals surface area contributed by atoms with Gasteiger partial charge in [-0.25, -0.2) is 4.79 Å². The molecule has 0 spiro atoms. The molecule has 0 saturated carbocycles. The van der Waals surface area contributed by atoms with Crippen LogP contribution in [0.3, 0.4) is 0 Å². The van der Waals surface area contributed by atoms with E-state index in [4.69, 9.17) is 0 Å². The highest BCUT2D eigenvalue weighted by Crippen LogP contribution is 2.33. The quantitative estimate of drug-likeness (QED) is 0.899. The molecule has 0 atom stereocenters. The molecule has 0 aliphatic rings. The summed E-state index contributed by atoms with van der Waals surface area (Å²) in [6.45, 7) is 10.2. The summed E-state index contributed by atoms with van der Waals surface area (Å²) < 4.78 is 1.97. The van der Waals surface area contributed by atoms with Crippen molar-refractivity contribution in [3.05, 3.63) is 45.6 Å². The summed E-state index contributed by atoms with van der Waals surface area (Å²) in [5, 5.41) is 9.28. The molecule has 1 heterocycles. The first-order valence-electron chi connectivity index (χ1n) is 6.73. The average molecular weight is 271 g/mol. The number of aryl methyl sites for hydroxylation is 2. The number of carbonyl (C=O) groups is 1. The van der Waals surface area contributed by atoms with E-state index in [1.54, 1.807) is 6.07 Å². The third-order valence-corrected chi connectivity index (χ3v) is 4.39. The lowest BCUT2D eigenvalue weighted by Gasteiger charge is -2.16. The smallest absolute Gasteiger partial charge is 0.337 e. The Hall–Kier alpha value is -2.03. The van der Waals surface area contributed by atoms with Crippen LogP contribution in [0.1, 0.15) is 38.3 Å². The number of aromatic nitrogens is 1. The number of hydrogen-bond acceptors (Lipinski definition) is 1. The SMILES string of the molecule is Cc1cc(C)c(C)c(-c2cc(C(=O)O)c(C)n2C)c1C. The van der Waals surface area contributed by atoms with Crippen LogP contribution in [-0.2, 0) is 7.05 Å². The van der Waals surface area contributed by atoms with Crippen molar-refractivity contribution in [2.75, 3.05) is 0 Å². The zero-order valence-corrected chi connectivity index (χ0v) is 13.0. The zero-order chi connectivity index (χ0) is 15.2. The van der Waals surface area contributed by atoms with Crippen LogP contribution in [0.2, 0.25) is 0 Å². The number of rotatable bonds is 2. The predicted octanol–water partition coefficient (Wildman–Crippen LogP) is 3.93. The van der Waals surface area contributed by atoms with Gasteiger partial charge in [-0.1, -0.05) is 6.07 Å². The summed E-state index contributed by atoms with van der Waals surface area (Å²) in [7, 11) is 1.92. The Morgan fingerprint density at radius 3 is 1.90 bits per heavy atom. The predicted molar refractivity (Wildman–Crippen MR) is 81.5 cm³/mol. The van der Waals surface area contributed by atoms with Crippen molar-refractivity contribution in [3.63, 3.8) is 0 Å². The van der Waals surface area contributed by atoms with E-state index in [0.717, 1.165) is 17.0 Å². The number of hydrogen-bond donors (Lipinski definition) is 1. The minimum Gasteiger partial charge on any atom is -0.478 e. The van der Waals surface area contributed by atoms with Crippen molar-refractivity contribution in [2.45, 2.75) is 34.6 Å². The van der Waals surface area contributed by atoms with Crippen molar-refractivity contribution in [1.82, 2.24) is 4.57 Å². The van der Waals surface area contributed by atoms with Crippen molar-refractivity contribution < 1.29 is 9.90 Å². The molecule has 0 bridgehead atoms. The number of nitrogens with zero attached hydrogens (tertiary/aromatic N) is 1. The Morgan fingerprint density at radius 2 is 1.50 bits per heavy atom. The van der Waals surface area contributed by atoms with E-state index < -0.39 is 5.97 Å². The second kappa shape index (κ2) is 4.82. The van der Waals surface area contributed by atoms with Gasteiger partial charge in [-0.05, 0) is 62.9 Å². The molecule has 0 aliphatic carbocycles. The average Bonchev–Trinajstić information content (AvgIpc) is 2.65. The molecule has 3 nitrogen and oxygen atoms in total. The molecule has 0 fully saturated rings. The summed E-state index contributed by atoms with van der Waals surface area (Å²) in [6.07, 6.45) is 0. The fourth-order valence-electron chi connectivity index (χ4n) is 2.76. The zero-order valence-electron chi connectivity index (χ0n) is 13.0. The monoisotopic (exact) mass is 271 g/mol. The molecule has 2 aromatic rings. The maximum Gasteiger partial charge on any atom is 0.337 e. The van der Waals surface area contributed by atoms with Gasteiger partial charge in [0.15, 0.2) is 0 Å². The maximum absolute atomic E-state index is 11.3. The summed E-state index contributed by atoms with van der Waals surface area (Å²) in [6, 6.07) is 3.97. The molecule has 3 heteroatoms. The summed E-state index contributed by atoms with van der Waals surface area (Å²) in [5.74, 6) is -0.871. The number of benzene rings is 1. The Kier molecular flexibility index (Phi) is 3.46. The summed E-state index contributed by atoms with van der Waals surface area (Å²) >= 11 is 0. The Labute approximate surface area is 119 Å². The van der Waals surface area contributed by atoms with Gasteiger partial charge in [0.1, 0.15) is 0 Å². The highest BCUT2D eigenvalue weighted by atomic mass is 16.4. The summed E-state index contributed by atoms with van der Waals surface area (Å²) in [5.41, 5.74) is 8.18. The molecule has 0 radical (unpaired) electrons. The van der Waals surface area contributed by atoms with E-state index >= 15 is 0 Å². The number of carboxylic acids is 1. The lowest BCUT2D eigenvalue weighted by Crippen LogP contribution is -2.01. The molecule has 0 amide bonds. The van der Waals surface area contributed by atoms with Crippen molar-refractivity contribution in [1.29, 1.82) is 0 Å². The van der Waals surface area contributed by atoms with E-state index in [1.165, 1.54) is 22.3 Å². The van der Waals surface area contributed by atoms with Crippen LogP contribution in [0.15, 0.2) is 12.1 Å². The topological polar surface area (TPSA) is 42.2 Å². The normalized spacial score (nSPS) is 10.9. The first-order chi connectivity index (χ1) is 9.25. The van der Waals surface area contributed by atoms with Gasteiger partial charge >= 0.3 is 5.97 Å². The molecular weight excluding hydrogens is 250 g/mol. The molecule has 0 unspecified atom stereocenters. The first kappa shape index (κ1) is 14.4. The first-order valence-corrected chi connectivity index (χ1v) is 6.73. The third-order valence-electron chi connectivity index (χ3n) is 4.39. The molecule has 1 aromatic carbocycles. The van der Waals surface area contributed by atoms with Gasteiger partial charge in [-0.2, -0.15) is 0 Å². The Morgan fingerprint density at radius 1 is 1.00 bits per heavy atom. The van der Waals surface area contributed by atoms with Gasteiger partial charge < -0.3 is 9.67 Å². The minimum atomic E-state index is -0.871. The third kappa shape index (κ3) is 2.03. The highest BCUT2D eigenvalue weighted by Gasteiger charge is 2.19. The Balaban J connectivity index is 2.82. The van der Waals surface area contributed by atoms with E-state index in [9.17, 15) is 9.90 Å². The van der Waals surface area contributed by atoms with Crippen LogP contribution in [0.4, 0.5) is 0 Å².